The summed E-state index contributed by atoms with van der Waals surface area (Å²) in [6.07, 6.45) is 1.92. The Kier molecular flexibility index (Phi) is 8.07. The summed E-state index contributed by atoms with van der Waals surface area (Å²) in [6, 6.07) is 25.7. The predicted molar refractivity (Wildman–Crippen MR) is 133 cm³/mol. The van der Waals surface area contributed by atoms with Crippen molar-refractivity contribution in [3.8, 4) is 23.4 Å². The molecule has 0 saturated heterocycles. The van der Waals surface area contributed by atoms with Crippen LogP contribution >= 0.6 is 0 Å². The molecule has 7 nitrogen and oxygen atoms in total. The number of amides is 2. The average Bonchev–Trinajstić information content (AvgIpc) is 2.88. The molecule has 0 spiro atoms. The van der Waals surface area contributed by atoms with Crippen molar-refractivity contribution in [2.75, 3.05) is 5.32 Å². The van der Waals surface area contributed by atoms with Gasteiger partial charge in [0.05, 0.1) is 12.5 Å². The van der Waals surface area contributed by atoms with Crippen LogP contribution in [0, 0.1) is 17.1 Å². The Morgan fingerprint density at radius 3 is 2.58 bits per heavy atom. The summed E-state index contributed by atoms with van der Waals surface area (Å²) in [5, 5.41) is 14.3. The molecule has 0 aliphatic rings. The molecule has 4 rings (SSSR count). The first-order valence-corrected chi connectivity index (χ1v) is 11.2. The highest BCUT2D eigenvalue weighted by Gasteiger charge is 2.09. The highest BCUT2D eigenvalue weighted by molar-refractivity contribution is 5.89. The van der Waals surface area contributed by atoms with Gasteiger partial charge in [0.1, 0.15) is 23.9 Å². The zero-order valence-corrected chi connectivity index (χ0v) is 19.3. The van der Waals surface area contributed by atoms with E-state index in [-0.39, 0.29) is 12.4 Å². The molecule has 0 bridgehead atoms. The van der Waals surface area contributed by atoms with Gasteiger partial charge in [-0.15, -0.1) is 0 Å². The molecule has 4 aromatic rings. The van der Waals surface area contributed by atoms with E-state index in [0.717, 1.165) is 11.1 Å². The Bertz CT molecular complexity index is 1370. The van der Waals surface area contributed by atoms with Crippen LogP contribution in [-0.4, -0.2) is 11.0 Å². The number of carbonyl (C=O) groups is 1. The van der Waals surface area contributed by atoms with Crippen molar-refractivity contribution in [2.45, 2.75) is 19.6 Å². The van der Waals surface area contributed by atoms with Crippen LogP contribution in [0.1, 0.15) is 16.7 Å². The van der Waals surface area contributed by atoms with E-state index in [4.69, 9.17) is 14.7 Å². The smallest absolute Gasteiger partial charge is 0.319 e. The molecule has 0 fully saturated rings. The summed E-state index contributed by atoms with van der Waals surface area (Å²) in [5.74, 6) is 0.879. The first kappa shape index (κ1) is 24.2. The summed E-state index contributed by atoms with van der Waals surface area (Å²) in [7, 11) is 0. The molecule has 0 saturated carbocycles. The third-order valence-electron chi connectivity index (χ3n) is 5.10. The summed E-state index contributed by atoms with van der Waals surface area (Å²) < 4.78 is 24.9. The fourth-order valence-electron chi connectivity index (χ4n) is 3.34. The van der Waals surface area contributed by atoms with Gasteiger partial charge < -0.3 is 20.1 Å². The number of aromatic nitrogens is 1. The molecule has 2 amide bonds. The minimum atomic E-state index is -0.413. The number of hydrogen-bond donors (Lipinski definition) is 2. The SMILES string of the molecule is N#CCc1ccc(OCc2cccc(NC(=O)NCc3cccnc3Oc3cccc(F)c3)c2)cc1. The zero-order valence-electron chi connectivity index (χ0n) is 19.3. The highest BCUT2D eigenvalue weighted by Crippen LogP contribution is 2.23. The van der Waals surface area contributed by atoms with Crippen LogP contribution in [0.25, 0.3) is 0 Å². The second-order valence-electron chi connectivity index (χ2n) is 7.80. The Labute approximate surface area is 208 Å². The maximum atomic E-state index is 13.5. The lowest BCUT2D eigenvalue weighted by atomic mass is 10.1. The number of halogens is 1. The number of carbonyl (C=O) groups excluding carboxylic acids is 1. The molecule has 0 unspecified atom stereocenters. The van der Waals surface area contributed by atoms with Gasteiger partial charge in [0.2, 0.25) is 5.88 Å². The van der Waals surface area contributed by atoms with Gasteiger partial charge in [0, 0.05) is 30.1 Å². The Balaban J connectivity index is 1.30. The van der Waals surface area contributed by atoms with Crippen LogP contribution in [0.15, 0.2) is 91.1 Å². The summed E-state index contributed by atoms with van der Waals surface area (Å²) in [5.41, 5.74) is 3.06. The van der Waals surface area contributed by atoms with E-state index in [1.807, 2.05) is 42.5 Å². The number of nitrogens with one attached hydrogen (secondary N) is 2. The number of hydrogen-bond acceptors (Lipinski definition) is 5. The summed E-state index contributed by atoms with van der Waals surface area (Å²) in [6.45, 7) is 0.486. The third kappa shape index (κ3) is 7.05. The van der Waals surface area contributed by atoms with Crippen molar-refractivity contribution in [3.63, 3.8) is 0 Å². The van der Waals surface area contributed by atoms with E-state index in [1.54, 1.807) is 36.5 Å². The fourth-order valence-corrected chi connectivity index (χ4v) is 3.34. The number of pyridine rings is 1. The highest BCUT2D eigenvalue weighted by atomic mass is 19.1. The number of anilines is 1. The molecular formula is C28H23FN4O3. The van der Waals surface area contributed by atoms with Crippen LogP contribution in [0.2, 0.25) is 0 Å². The number of nitriles is 1. The van der Waals surface area contributed by atoms with E-state index >= 15 is 0 Å². The molecule has 1 aromatic heterocycles. The van der Waals surface area contributed by atoms with Crippen LogP contribution in [-0.2, 0) is 19.6 Å². The average molecular weight is 483 g/mol. The second-order valence-corrected chi connectivity index (χ2v) is 7.80. The van der Waals surface area contributed by atoms with Gasteiger partial charge in [-0.25, -0.2) is 14.2 Å². The Morgan fingerprint density at radius 1 is 0.944 bits per heavy atom. The van der Waals surface area contributed by atoms with Gasteiger partial charge in [-0.05, 0) is 53.6 Å². The molecule has 0 aliphatic carbocycles. The first-order valence-electron chi connectivity index (χ1n) is 11.2. The fraction of sp³-hybridized carbons (Fsp3) is 0.107. The number of urea groups is 1. The van der Waals surface area contributed by atoms with Gasteiger partial charge in [-0.2, -0.15) is 5.26 Å². The van der Waals surface area contributed by atoms with Crippen molar-refractivity contribution in [1.82, 2.24) is 10.3 Å². The van der Waals surface area contributed by atoms with Gasteiger partial charge in [-0.3, -0.25) is 0 Å². The lowest BCUT2D eigenvalue weighted by Gasteiger charge is -2.12. The topological polar surface area (TPSA) is 96.3 Å². The standard InChI is InChI=1S/C28H23FN4O3/c29-23-6-2-8-26(17-23)36-27-22(5-3-15-31-27)18-32-28(34)33-24-7-1-4-21(16-24)19-35-25-11-9-20(10-12-25)13-14-30/h1-12,15-17H,13,18-19H2,(H2,32,33,34). The lowest BCUT2D eigenvalue weighted by Crippen LogP contribution is -2.28. The van der Waals surface area contributed by atoms with Gasteiger partial charge in [-0.1, -0.05) is 36.4 Å². The molecule has 0 radical (unpaired) electrons. The largest absolute Gasteiger partial charge is 0.489 e. The van der Waals surface area contributed by atoms with Crippen LogP contribution in [0.5, 0.6) is 17.4 Å². The summed E-state index contributed by atoms with van der Waals surface area (Å²) in [4.78, 5) is 16.7. The molecule has 180 valence electrons. The van der Waals surface area contributed by atoms with Gasteiger partial charge >= 0.3 is 6.03 Å². The van der Waals surface area contributed by atoms with Crippen molar-refractivity contribution in [2.24, 2.45) is 0 Å². The summed E-state index contributed by atoms with van der Waals surface area (Å²) >= 11 is 0. The number of nitrogens with zero attached hydrogens (tertiary/aromatic N) is 2. The molecule has 0 aliphatic heterocycles. The minimum Gasteiger partial charge on any atom is -0.489 e. The molecule has 1 heterocycles. The lowest BCUT2D eigenvalue weighted by molar-refractivity contribution is 0.251. The van der Waals surface area contributed by atoms with E-state index in [0.29, 0.717) is 35.8 Å². The molecular weight excluding hydrogens is 459 g/mol. The van der Waals surface area contributed by atoms with E-state index < -0.39 is 11.8 Å². The number of benzene rings is 3. The third-order valence-corrected chi connectivity index (χ3v) is 5.10. The Morgan fingerprint density at radius 2 is 1.78 bits per heavy atom. The van der Waals surface area contributed by atoms with Crippen molar-refractivity contribution < 1.29 is 18.7 Å². The quantitative estimate of drug-likeness (QED) is 0.306. The van der Waals surface area contributed by atoms with Gasteiger partial charge in [0.15, 0.2) is 0 Å². The minimum absolute atomic E-state index is 0.162. The van der Waals surface area contributed by atoms with Crippen LogP contribution < -0.4 is 20.1 Å². The van der Waals surface area contributed by atoms with Crippen molar-refractivity contribution in [3.05, 3.63) is 114 Å². The van der Waals surface area contributed by atoms with E-state index in [2.05, 4.69) is 21.7 Å². The maximum absolute atomic E-state index is 13.5. The molecule has 2 N–H and O–H groups in total. The first-order chi connectivity index (χ1) is 17.6. The van der Waals surface area contributed by atoms with E-state index in [9.17, 15) is 9.18 Å². The maximum Gasteiger partial charge on any atom is 0.319 e. The normalized spacial score (nSPS) is 10.2. The molecule has 3 aromatic carbocycles. The van der Waals surface area contributed by atoms with Gasteiger partial charge in [0.25, 0.3) is 0 Å². The van der Waals surface area contributed by atoms with E-state index in [1.165, 1.54) is 12.1 Å². The number of ether oxygens (including phenoxy) is 2. The van der Waals surface area contributed by atoms with Crippen LogP contribution in [0.3, 0.4) is 0 Å². The van der Waals surface area contributed by atoms with Crippen LogP contribution in [0.4, 0.5) is 14.9 Å². The van der Waals surface area contributed by atoms with Crippen molar-refractivity contribution >= 4 is 11.7 Å². The predicted octanol–water partition coefficient (Wildman–Crippen LogP) is 5.98. The Hall–Kier alpha value is -4.90. The zero-order chi connectivity index (χ0) is 25.2. The number of rotatable bonds is 9. The monoisotopic (exact) mass is 482 g/mol. The molecule has 8 heteroatoms. The molecule has 0 atom stereocenters. The van der Waals surface area contributed by atoms with Crippen molar-refractivity contribution in [1.29, 1.82) is 5.26 Å². The molecule has 36 heavy (non-hydrogen) atoms. The second kappa shape index (κ2) is 12.0.